The zero-order valence-electron chi connectivity index (χ0n) is 17.5. The van der Waals surface area contributed by atoms with Crippen molar-refractivity contribution in [3.05, 3.63) is 59.4 Å². The van der Waals surface area contributed by atoms with Gasteiger partial charge in [-0.15, -0.1) is 0 Å². The van der Waals surface area contributed by atoms with Crippen LogP contribution < -0.4 is 4.74 Å². The van der Waals surface area contributed by atoms with Crippen LogP contribution in [-0.4, -0.2) is 62.6 Å². The van der Waals surface area contributed by atoms with Crippen LogP contribution in [0.4, 0.5) is 4.39 Å². The quantitative estimate of drug-likeness (QED) is 0.719. The summed E-state index contributed by atoms with van der Waals surface area (Å²) < 4.78 is 52.9. The van der Waals surface area contributed by atoms with E-state index in [0.717, 1.165) is 0 Å². The number of carbonyl (C=O) groups is 1. The number of likely N-dealkylation sites (tertiary alicyclic amines) is 1. The van der Waals surface area contributed by atoms with Gasteiger partial charge in [-0.3, -0.25) is 4.79 Å². The maximum atomic E-state index is 13.6. The molecule has 2 fully saturated rings. The largest absolute Gasteiger partial charge is 0.496 e. The van der Waals surface area contributed by atoms with Crippen LogP contribution in [0.15, 0.2) is 47.4 Å². The summed E-state index contributed by atoms with van der Waals surface area (Å²) in [4.78, 5) is 14.7. The predicted octanol–water partition coefficient (Wildman–Crippen LogP) is 2.80. The second kappa shape index (κ2) is 8.22. The molecule has 0 unspecified atom stereocenters. The Morgan fingerprint density at radius 1 is 1.13 bits per heavy atom. The molecule has 4 rings (SSSR count). The molecule has 1 amide bonds. The summed E-state index contributed by atoms with van der Waals surface area (Å²) in [6.45, 7) is 2.74. The van der Waals surface area contributed by atoms with Crippen LogP contribution in [-0.2, 0) is 14.8 Å². The molecular formula is C22H25FN2O5S. The van der Waals surface area contributed by atoms with E-state index in [1.807, 2.05) is 0 Å². The van der Waals surface area contributed by atoms with E-state index in [1.54, 1.807) is 29.2 Å². The van der Waals surface area contributed by atoms with Crippen molar-refractivity contribution in [1.82, 2.24) is 9.21 Å². The molecular weight excluding hydrogens is 423 g/mol. The zero-order valence-corrected chi connectivity index (χ0v) is 18.3. The Morgan fingerprint density at radius 3 is 2.52 bits per heavy atom. The Morgan fingerprint density at radius 2 is 1.84 bits per heavy atom. The third kappa shape index (κ3) is 3.81. The molecule has 0 atom stereocenters. The van der Waals surface area contributed by atoms with Crippen molar-refractivity contribution in [2.24, 2.45) is 0 Å². The van der Waals surface area contributed by atoms with Gasteiger partial charge in [0.05, 0.1) is 24.2 Å². The van der Waals surface area contributed by atoms with Crippen molar-refractivity contribution >= 4 is 15.9 Å². The topological polar surface area (TPSA) is 76.2 Å². The van der Waals surface area contributed by atoms with Gasteiger partial charge in [-0.25, -0.2) is 12.8 Å². The second-order valence-electron chi connectivity index (χ2n) is 7.78. The van der Waals surface area contributed by atoms with Crippen molar-refractivity contribution in [2.45, 2.75) is 30.4 Å². The summed E-state index contributed by atoms with van der Waals surface area (Å²) in [7, 11) is -2.35. The molecule has 2 aliphatic heterocycles. The molecule has 0 aromatic heterocycles. The first-order chi connectivity index (χ1) is 14.8. The number of benzene rings is 2. The number of rotatable bonds is 4. The van der Waals surface area contributed by atoms with Crippen molar-refractivity contribution in [3.8, 4) is 5.75 Å². The Kier molecular flexibility index (Phi) is 5.76. The van der Waals surface area contributed by atoms with Crippen molar-refractivity contribution in [2.75, 3.05) is 33.4 Å². The number of ether oxygens (including phenoxy) is 2. The fraction of sp³-hybridized carbons (Fsp3) is 0.409. The van der Waals surface area contributed by atoms with E-state index in [0.29, 0.717) is 37.2 Å². The van der Waals surface area contributed by atoms with Gasteiger partial charge in [0.2, 0.25) is 10.0 Å². The van der Waals surface area contributed by atoms with Crippen LogP contribution >= 0.6 is 0 Å². The molecule has 1 spiro atoms. The Labute approximate surface area is 181 Å². The van der Waals surface area contributed by atoms with Gasteiger partial charge in [-0.05, 0) is 42.8 Å². The third-order valence-corrected chi connectivity index (χ3v) is 7.95. The SMILES string of the molecule is COc1ccccc1C(=O)N1CCC2(CC1)OCCN2S(=O)(=O)c1ccc(F)c(C)c1. The highest BCUT2D eigenvalue weighted by atomic mass is 32.2. The summed E-state index contributed by atoms with van der Waals surface area (Å²) in [6.07, 6.45) is 0.709. The molecule has 0 radical (unpaired) electrons. The van der Waals surface area contributed by atoms with Gasteiger partial charge in [0, 0.05) is 32.5 Å². The van der Waals surface area contributed by atoms with Gasteiger partial charge in [-0.2, -0.15) is 4.31 Å². The van der Waals surface area contributed by atoms with Crippen LogP contribution in [0, 0.1) is 12.7 Å². The van der Waals surface area contributed by atoms with E-state index < -0.39 is 21.6 Å². The molecule has 0 N–H and O–H groups in total. The number of sulfonamides is 1. The minimum Gasteiger partial charge on any atom is -0.496 e. The van der Waals surface area contributed by atoms with Crippen LogP contribution in [0.2, 0.25) is 0 Å². The van der Waals surface area contributed by atoms with Crippen LogP contribution in [0.25, 0.3) is 0 Å². The van der Waals surface area contributed by atoms with E-state index in [2.05, 4.69) is 0 Å². The van der Waals surface area contributed by atoms with E-state index in [4.69, 9.17) is 9.47 Å². The smallest absolute Gasteiger partial charge is 0.257 e. The molecule has 2 aromatic rings. The summed E-state index contributed by atoms with van der Waals surface area (Å²) in [5, 5.41) is 0. The third-order valence-electron chi connectivity index (χ3n) is 6.01. The number of carbonyl (C=O) groups excluding carboxylic acids is 1. The van der Waals surface area contributed by atoms with Gasteiger partial charge in [0.15, 0.2) is 0 Å². The molecule has 2 aliphatic rings. The fourth-order valence-electron chi connectivity index (χ4n) is 4.28. The molecule has 31 heavy (non-hydrogen) atoms. The molecule has 0 bridgehead atoms. The number of methoxy groups -OCH3 is 1. The highest BCUT2D eigenvalue weighted by molar-refractivity contribution is 7.89. The molecule has 9 heteroatoms. The monoisotopic (exact) mass is 448 g/mol. The zero-order chi connectivity index (χ0) is 22.2. The molecule has 2 saturated heterocycles. The molecule has 166 valence electrons. The van der Waals surface area contributed by atoms with E-state index in [1.165, 1.54) is 36.5 Å². The number of para-hydroxylation sites is 1. The minimum atomic E-state index is -3.87. The number of aryl methyl sites for hydroxylation is 1. The molecule has 2 aromatic carbocycles. The van der Waals surface area contributed by atoms with Crippen molar-refractivity contribution in [3.63, 3.8) is 0 Å². The Balaban J connectivity index is 1.54. The maximum absolute atomic E-state index is 13.6. The number of nitrogens with zero attached hydrogens (tertiary/aromatic N) is 2. The van der Waals surface area contributed by atoms with Crippen LogP contribution in [0.5, 0.6) is 5.75 Å². The molecule has 0 aliphatic carbocycles. The first-order valence-corrected chi connectivity index (χ1v) is 11.6. The van der Waals surface area contributed by atoms with Crippen LogP contribution in [0.1, 0.15) is 28.8 Å². The predicted molar refractivity (Wildman–Crippen MR) is 112 cm³/mol. The average molecular weight is 449 g/mol. The van der Waals surface area contributed by atoms with Gasteiger partial charge in [-0.1, -0.05) is 12.1 Å². The lowest BCUT2D eigenvalue weighted by molar-refractivity contribution is -0.0857. The average Bonchev–Trinajstić information content (AvgIpc) is 3.19. The lowest BCUT2D eigenvalue weighted by Gasteiger charge is -2.42. The lowest BCUT2D eigenvalue weighted by atomic mass is 9.99. The number of amides is 1. The summed E-state index contributed by atoms with van der Waals surface area (Å²) in [5.74, 6) is -0.107. The highest BCUT2D eigenvalue weighted by Gasteiger charge is 2.51. The molecule has 2 heterocycles. The van der Waals surface area contributed by atoms with Gasteiger partial charge in [0.25, 0.3) is 5.91 Å². The number of hydrogen-bond acceptors (Lipinski definition) is 5. The number of piperidine rings is 1. The first-order valence-electron chi connectivity index (χ1n) is 10.1. The summed E-state index contributed by atoms with van der Waals surface area (Å²) in [5.41, 5.74) is -0.259. The number of halogens is 1. The summed E-state index contributed by atoms with van der Waals surface area (Å²) in [6, 6.07) is 10.8. The Bertz CT molecular complexity index is 1100. The summed E-state index contributed by atoms with van der Waals surface area (Å²) >= 11 is 0. The number of hydrogen-bond donors (Lipinski definition) is 0. The molecule has 7 nitrogen and oxygen atoms in total. The van der Waals surface area contributed by atoms with E-state index >= 15 is 0 Å². The second-order valence-corrected chi connectivity index (χ2v) is 9.64. The fourth-order valence-corrected chi connectivity index (χ4v) is 6.09. The van der Waals surface area contributed by atoms with Gasteiger partial charge >= 0.3 is 0 Å². The first kappa shape index (κ1) is 21.7. The van der Waals surface area contributed by atoms with E-state index in [-0.39, 0.29) is 29.5 Å². The van der Waals surface area contributed by atoms with Crippen molar-refractivity contribution < 1.29 is 27.1 Å². The highest BCUT2D eigenvalue weighted by Crippen LogP contribution is 2.39. The van der Waals surface area contributed by atoms with Crippen LogP contribution in [0.3, 0.4) is 0 Å². The minimum absolute atomic E-state index is 0.0452. The normalized spacial score (nSPS) is 19.0. The lowest BCUT2D eigenvalue weighted by Crippen LogP contribution is -2.55. The van der Waals surface area contributed by atoms with E-state index in [9.17, 15) is 17.6 Å². The van der Waals surface area contributed by atoms with Gasteiger partial charge < -0.3 is 14.4 Å². The standard InChI is InChI=1S/C22H25FN2O5S/c1-16-15-17(7-8-19(16)23)31(27,28)25-13-14-30-22(25)9-11-24(12-10-22)21(26)18-5-3-4-6-20(18)29-2/h3-8,15H,9-14H2,1-2H3. The van der Waals surface area contributed by atoms with Gasteiger partial charge in [0.1, 0.15) is 17.3 Å². The molecule has 0 saturated carbocycles. The van der Waals surface area contributed by atoms with Crippen molar-refractivity contribution in [1.29, 1.82) is 0 Å². The maximum Gasteiger partial charge on any atom is 0.257 e. The Hall–Kier alpha value is -2.49.